The molecule has 0 spiro atoms. The molecule has 0 aromatic heterocycles. The Kier molecular flexibility index (Phi) is 4.90. The summed E-state index contributed by atoms with van der Waals surface area (Å²) < 4.78 is 0. The van der Waals surface area contributed by atoms with Crippen LogP contribution in [-0.2, 0) is 9.59 Å². The highest BCUT2D eigenvalue weighted by molar-refractivity contribution is 6.08. The fourth-order valence-electron chi connectivity index (χ4n) is 1.27. The topological polar surface area (TPSA) is 86.6 Å². The molecular weight excluding hydrogens is 198 g/mol. The highest BCUT2D eigenvalue weighted by Gasteiger charge is 2.42. The lowest BCUT2D eigenvalue weighted by molar-refractivity contribution is -0.164. The highest BCUT2D eigenvalue weighted by atomic mass is 16.4. The Morgan fingerprint density at radius 3 is 2.13 bits per heavy atom. The van der Waals surface area contributed by atoms with E-state index in [1.807, 2.05) is 13.8 Å². The Morgan fingerprint density at radius 1 is 1.40 bits per heavy atom. The van der Waals surface area contributed by atoms with Crippen LogP contribution in [0.2, 0.25) is 0 Å². The van der Waals surface area contributed by atoms with E-state index < -0.39 is 23.4 Å². The maximum atomic E-state index is 11.7. The van der Waals surface area contributed by atoms with Crippen LogP contribution in [0.25, 0.3) is 0 Å². The molecule has 0 radical (unpaired) electrons. The van der Waals surface area contributed by atoms with Crippen molar-refractivity contribution in [2.45, 2.75) is 38.8 Å². The van der Waals surface area contributed by atoms with Gasteiger partial charge in [-0.15, -0.1) is 0 Å². The quantitative estimate of drug-likeness (QED) is 0.546. The molecule has 5 heteroatoms. The molecule has 0 unspecified atom stereocenters. The standard InChI is InChI=1S/C10H19NO4/c1-6(2)5-7(11-4)8(12)10(3,15)9(13)14/h6-7,11,15H,5H2,1-4H3,(H,13,14)/t7-,10-/m0/s1. The van der Waals surface area contributed by atoms with Gasteiger partial charge in [-0.05, 0) is 26.3 Å². The van der Waals surface area contributed by atoms with E-state index in [1.165, 1.54) is 0 Å². The maximum absolute atomic E-state index is 11.7. The molecule has 0 saturated heterocycles. The van der Waals surface area contributed by atoms with E-state index in [0.29, 0.717) is 6.42 Å². The number of carboxylic acids is 1. The van der Waals surface area contributed by atoms with Gasteiger partial charge in [0.2, 0.25) is 5.60 Å². The van der Waals surface area contributed by atoms with E-state index in [9.17, 15) is 14.7 Å². The number of carbonyl (C=O) groups excluding carboxylic acids is 1. The number of likely N-dealkylation sites (N-methyl/N-ethyl adjacent to an activating group) is 1. The Morgan fingerprint density at radius 2 is 1.87 bits per heavy atom. The van der Waals surface area contributed by atoms with Crippen LogP contribution < -0.4 is 5.32 Å². The normalized spacial score (nSPS) is 17.2. The van der Waals surface area contributed by atoms with E-state index >= 15 is 0 Å². The van der Waals surface area contributed by atoms with E-state index in [1.54, 1.807) is 7.05 Å². The number of aliphatic carboxylic acids is 1. The van der Waals surface area contributed by atoms with Crippen molar-refractivity contribution in [2.75, 3.05) is 7.05 Å². The number of carboxylic acid groups (broad SMARTS) is 1. The van der Waals surface area contributed by atoms with E-state index in [-0.39, 0.29) is 5.92 Å². The van der Waals surface area contributed by atoms with E-state index in [0.717, 1.165) is 6.92 Å². The lowest BCUT2D eigenvalue weighted by Gasteiger charge is -2.24. The molecular formula is C10H19NO4. The van der Waals surface area contributed by atoms with Gasteiger partial charge in [-0.1, -0.05) is 13.8 Å². The van der Waals surface area contributed by atoms with Crippen molar-refractivity contribution in [1.82, 2.24) is 5.32 Å². The average molecular weight is 217 g/mol. The molecule has 0 bridgehead atoms. The predicted molar refractivity (Wildman–Crippen MR) is 55.6 cm³/mol. The summed E-state index contributed by atoms with van der Waals surface area (Å²) in [7, 11) is 1.57. The second kappa shape index (κ2) is 5.23. The second-order valence-electron chi connectivity index (χ2n) is 4.21. The molecule has 15 heavy (non-hydrogen) atoms. The minimum absolute atomic E-state index is 0.246. The third-order valence-corrected chi connectivity index (χ3v) is 2.27. The third-order valence-electron chi connectivity index (χ3n) is 2.27. The van der Waals surface area contributed by atoms with Crippen LogP contribution in [-0.4, -0.2) is 40.7 Å². The monoisotopic (exact) mass is 217 g/mol. The van der Waals surface area contributed by atoms with Crippen molar-refractivity contribution in [3.63, 3.8) is 0 Å². The van der Waals surface area contributed by atoms with Crippen LogP contribution in [0, 0.1) is 5.92 Å². The Hall–Kier alpha value is -0.940. The number of carbonyl (C=O) groups is 2. The molecule has 0 saturated carbocycles. The first kappa shape index (κ1) is 14.1. The highest BCUT2D eigenvalue weighted by Crippen LogP contribution is 2.13. The van der Waals surface area contributed by atoms with Gasteiger partial charge in [-0.2, -0.15) is 0 Å². The molecule has 0 aromatic carbocycles. The van der Waals surface area contributed by atoms with Crippen molar-refractivity contribution >= 4 is 11.8 Å². The largest absolute Gasteiger partial charge is 0.479 e. The SMILES string of the molecule is CN[C@@H](CC(C)C)C(=O)[C@](C)(O)C(=O)O. The minimum atomic E-state index is -2.32. The second-order valence-corrected chi connectivity index (χ2v) is 4.21. The zero-order valence-corrected chi connectivity index (χ0v) is 9.57. The summed E-state index contributed by atoms with van der Waals surface area (Å²) in [4.78, 5) is 22.3. The first-order chi connectivity index (χ1) is 6.73. The molecule has 0 aliphatic rings. The van der Waals surface area contributed by atoms with E-state index in [2.05, 4.69) is 5.32 Å². The van der Waals surface area contributed by atoms with Crippen LogP contribution in [0.5, 0.6) is 0 Å². The lowest BCUT2D eigenvalue weighted by Crippen LogP contribution is -2.52. The van der Waals surface area contributed by atoms with Gasteiger partial charge in [0.05, 0.1) is 6.04 Å². The molecule has 0 aliphatic carbocycles. The van der Waals surface area contributed by atoms with Crippen LogP contribution in [0.1, 0.15) is 27.2 Å². The maximum Gasteiger partial charge on any atom is 0.343 e. The number of rotatable bonds is 6. The van der Waals surface area contributed by atoms with Gasteiger partial charge >= 0.3 is 5.97 Å². The first-order valence-corrected chi connectivity index (χ1v) is 4.90. The minimum Gasteiger partial charge on any atom is -0.479 e. The molecule has 0 heterocycles. The van der Waals surface area contributed by atoms with Gasteiger partial charge in [0.1, 0.15) is 0 Å². The van der Waals surface area contributed by atoms with Crippen LogP contribution in [0.15, 0.2) is 0 Å². The Labute approximate surface area is 89.5 Å². The summed E-state index contributed by atoms with van der Waals surface area (Å²) in [5.74, 6) is -1.97. The van der Waals surface area contributed by atoms with Gasteiger partial charge < -0.3 is 15.5 Å². The summed E-state index contributed by atoms with van der Waals surface area (Å²) in [5, 5.41) is 20.9. The summed E-state index contributed by atoms with van der Waals surface area (Å²) in [6, 6.07) is -0.629. The first-order valence-electron chi connectivity index (χ1n) is 4.90. The van der Waals surface area contributed by atoms with Gasteiger partial charge in [-0.3, -0.25) is 4.79 Å². The Bertz CT molecular complexity index is 248. The molecule has 3 N–H and O–H groups in total. The third kappa shape index (κ3) is 3.60. The molecule has 2 atom stereocenters. The van der Waals surface area contributed by atoms with Crippen molar-refractivity contribution in [3.05, 3.63) is 0 Å². The predicted octanol–water partition coefficient (Wildman–Crippen LogP) is 0.0252. The number of nitrogens with one attached hydrogen (secondary N) is 1. The van der Waals surface area contributed by atoms with Crippen LogP contribution >= 0.6 is 0 Å². The van der Waals surface area contributed by atoms with Crippen LogP contribution in [0.4, 0.5) is 0 Å². The number of Topliss-reactive ketones (excluding diaryl/α,β-unsaturated/α-hetero) is 1. The van der Waals surface area contributed by atoms with Crippen molar-refractivity contribution in [1.29, 1.82) is 0 Å². The van der Waals surface area contributed by atoms with Gasteiger partial charge in [0.25, 0.3) is 0 Å². The number of aliphatic hydroxyl groups is 1. The summed E-state index contributed by atoms with van der Waals surface area (Å²) in [6.45, 7) is 4.85. The molecule has 0 rings (SSSR count). The van der Waals surface area contributed by atoms with Gasteiger partial charge in [0.15, 0.2) is 5.78 Å². The number of hydrogen-bond donors (Lipinski definition) is 3. The lowest BCUT2D eigenvalue weighted by atomic mass is 9.90. The van der Waals surface area contributed by atoms with Gasteiger partial charge in [0, 0.05) is 0 Å². The smallest absolute Gasteiger partial charge is 0.343 e. The zero-order chi connectivity index (χ0) is 12.2. The van der Waals surface area contributed by atoms with Crippen LogP contribution in [0.3, 0.4) is 0 Å². The molecule has 0 aromatic rings. The molecule has 0 fully saturated rings. The van der Waals surface area contributed by atoms with Crippen molar-refractivity contribution < 1.29 is 19.8 Å². The summed E-state index contributed by atoms with van der Waals surface area (Å²) in [5.41, 5.74) is -2.32. The zero-order valence-electron chi connectivity index (χ0n) is 9.57. The molecule has 0 aliphatic heterocycles. The fraction of sp³-hybridized carbons (Fsp3) is 0.800. The number of hydrogen-bond acceptors (Lipinski definition) is 4. The van der Waals surface area contributed by atoms with Crippen molar-refractivity contribution in [2.24, 2.45) is 5.92 Å². The van der Waals surface area contributed by atoms with E-state index in [4.69, 9.17) is 5.11 Å². The average Bonchev–Trinajstić information content (AvgIpc) is 2.12. The summed E-state index contributed by atoms with van der Waals surface area (Å²) in [6.07, 6.45) is 0.499. The van der Waals surface area contributed by atoms with Crippen molar-refractivity contribution in [3.8, 4) is 0 Å². The Balaban J connectivity index is 4.72. The molecule has 88 valence electrons. The molecule has 0 amide bonds. The molecule has 5 nitrogen and oxygen atoms in total. The number of ketones is 1. The van der Waals surface area contributed by atoms with Gasteiger partial charge in [-0.25, -0.2) is 4.79 Å². The fourth-order valence-corrected chi connectivity index (χ4v) is 1.27. The summed E-state index contributed by atoms with van der Waals surface area (Å²) >= 11 is 0.